The van der Waals surface area contributed by atoms with Gasteiger partial charge >= 0.3 is 0 Å². The molecule has 1 amide bonds. The number of amides is 1. The van der Waals surface area contributed by atoms with E-state index in [1.54, 1.807) is 28.9 Å². The first kappa shape index (κ1) is 14.9. The lowest BCUT2D eigenvalue weighted by atomic mass is 10.2. The standard InChI is InChI=1S/C15H17N7O/c1-4-13-10(2)14(21(3)18-13)17-15(23)11-5-7-12(8-6-11)22-9-16-19-20-22/h5-9H,4H2,1-3H3,(H,17,23). The number of nitrogens with zero attached hydrogens (tertiary/aromatic N) is 6. The fourth-order valence-corrected chi connectivity index (χ4v) is 2.42. The summed E-state index contributed by atoms with van der Waals surface area (Å²) in [5.74, 6) is 0.540. The van der Waals surface area contributed by atoms with Gasteiger partial charge in [-0.15, -0.1) is 5.10 Å². The summed E-state index contributed by atoms with van der Waals surface area (Å²) in [5.41, 5.74) is 3.32. The van der Waals surface area contributed by atoms with Crippen molar-refractivity contribution in [1.29, 1.82) is 0 Å². The Balaban J connectivity index is 1.80. The van der Waals surface area contributed by atoms with Gasteiger partial charge in [0.2, 0.25) is 0 Å². The van der Waals surface area contributed by atoms with Gasteiger partial charge in [-0.3, -0.25) is 9.48 Å². The van der Waals surface area contributed by atoms with Crippen molar-refractivity contribution in [2.24, 2.45) is 7.05 Å². The van der Waals surface area contributed by atoms with Crippen molar-refractivity contribution < 1.29 is 4.79 Å². The van der Waals surface area contributed by atoms with Gasteiger partial charge in [0.25, 0.3) is 5.91 Å². The largest absolute Gasteiger partial charge is 0.307 e. The van der Waals surface area contributed by atoms with Crippen molar-refractivity contribution in [3.63, 3.8) is 0 Å². The Morgan fingerprint density at radius 1 is 1.26 bits per heavy atom. The summed E-state index contributed by atoms with van der Waals surface area (Å²) in [4.78, 5) is 12.4. The summed E-state index contributed by atoms with van der Waals surface area (Å²) in [6.45, 7) is 4.00. The van der Waals surface area contributed by atoms with Crippen LogP contribution in [0.1, 0.15) is 28.5 Å². The third-order valence-corrected chi connectivity index (χ3v) is 3.69. The van der Waals surface area contributed by atoms with Crippen molar-refractivity contribution in [3.8, 4) is 5.69 Å². The van der Waals surface area contributed by atoms with Crippen LogP contribution in [-0.4, -0.2) is 35.9 Å². The first-order valence-corrected chi connectivity index (χ1v) is 7.27. The van der Waals surface area contributed by atoms with Crippen molar-refractivity contribution in [3.05, 3.63) is 47.4 Å². The minimum Gasteiger partial charge on any atom is -0.307 e. The number of hydrogen-bond donors (Lipinski definition) is 1. The number of benzene rings is 1. The van der Waals surface area contributed by atoms with E-state index in [0.717, 1.165) is 29.2 Å². The van der Waals surface area contributed by atoms with E-state index in [1.807, 2.05) is 20.9 Å². The molecule has 0 atom stereocenters. The predicted molar refractivity (Wildman–Crippen MR) is 84.4 cm³/mol. The van der Waals surface area contributed by atoms with Crippen LogP contribution in [0.15, 0.2) is 30.6 Å². The number of carbonyl (C=O) groups excluding carboxylic acids is 1. The predicted octanol–water partition coefficient (Wildman–Crippen LogP) is 1.52. The summed E-state index contributed by atoms with van der Waals surface area (Å²) < 4.78 is 3.22. The second-order valence-corrected chi connectivity index (χ2v) is 5.15. The fourth-order valence-electron chi connectivity index (χ4n) is 2.42. The van der Waals surface area contributed by atoms with Crippen LogP contribution >= 0.6 is 0 Å². The Labute approximate surface area is 133 Å². The zero-order valence-electron chi connectivity index (χ0n) is 13.2. The van der Waals surface area contributed by atoms with E-state index in [1.165, 1.54) is 11.0 Å². The molecular weight excluding hydrogens is 294 g/mol. The number of aryl methyl sites for hydroxylation is 2. The number of rotatable bonds is 4. The minimum atomic E-state index is -0.179. The first-order valence-electron chi connectivity index (χ1n) is 7.27. The van der Waals surface area contributed by atoms with Gasteiger partial charge in [-0.1, -0.05) is 6.92 Å². The normalized spacial score (nSPS) is 10.7. The van der Waals surface area contributed by atoms with E-state index in [-0.39, 0.29) is 5.91 Å². The Bertz CT molecular complexity index is 818. The summed E-state index contributed by atoms with van der Waals surface area (Å²) >= 11 is 0. The highest BCUT2D eigenvalue weighted by Gasteiger charge is 2.14. The molecule has 0 aliphatic heterocycles. The fraction of sp³-hybridized carbons (Fsp3) is 0.267. The molecule has 3 aromatic rings. The topological polar surface area (TPSA) is 90.5 Å². The zero-order valence-corrected chi connectivity index (χ0v) is 13.2. The molecule has 0 saturated heterocycles. The summed E-state index contributed by atoms with van der Waals surface area (Å²) in [5, 5.41) is 18.3. The molecule has 0 bridgehead atoms. The van der Waals surface area contributed by atoms with Gasteiger partial charge in [-0.2, -0.15) is 5.10 Å². The average Bonchev–Trinajstić information content (AvgIpc) is 3.19. The van der Waals surface area contributed by atoms with E-state index >= 15 is 0 Å². The van der Waals surface area contributed by atoms with Gasteiger partial charge in [-0.05, 0) is 48.0 Å². The van der Waals surface area contributed by atoms with E-state index < -0.39 is 0 Å². The number of nitrogens with one attached hydrogen (secondary N) is 1. The molecule has 0 radical (unpaired) electrons. The molecule has 23 heavy (non-hydrogen) atoms. The average molecular weight is 311 g/mol. The lowest BCUT2D eigenvalue weighted by Crippen LogP contribution is -2.15. The zero-order chi connectivity index (χ0) is 16.4. The quantitative estimate of drug-likeness (QED) is 0.789. The molecule has 118 valence electrons. The second-order valence-electron chi connectivity index (χ2n) is 5.15. The third-order valence-electron chi connectivity index (χ3n) is 3.69. The van der Waals surface area contributed by atoms with Gasteiger partial charge in [0.05, 0.1) is 11.4 Å². The Morgan fingerprint density at radius 2 is 2.00 bits per heavy atom. The molecule has 0 unspecified atom stereocenters. The summed E-state index contributed by atoms with van der Waals surface area (Å²) in [6, 6.07) is 7.05. The number of anilines is 1. The molecule has 1 aromatic carbocycles. The van der Waals surface area contributed by atoms with Crippen LogP contribution in [0.5, 0.6) is 0 Å². The maximum Gasteiger partial charge on any atom is 0.256 e. The number of tetrazole rings is 1. The molecule has 2 heterocycles. The minimum absolute atomic E-state index is 0.179. The molecule has 0 aliphatic carbocycles. The monoisotopic (exact) mass is 311 g/mol. The maximum atomic E-state index is 12.4. The molecular formula is C15H17N7O. The van der Waals surface area contributed by atoms with Crippen LogP contribution in [0.4, 0.5) is 5.82 Å². The molecule has 8 nitrogen and oxygen atoms in total. The third kappa shape index (κ3) is 2.83. The Morgan fingerprint density at radius 3 is 2.57 bits per heavy atom. The Hall–Kier alpha value is -3.03. The van der Waals surface area contributed by atoms with Crippen LogP contribution in [0, 0.1) is 6.92 Å². The Kier molecular flexibility index (Phi) is 3.88. The van der Waals surface area contributed by atoms with E-state index in [4.69, 9.17) is 0 Å². The number of hydrogen-bond acceptors (Lipinski definition) is 5. The lowest BCUT2D eigenvalue weighted by molar-refractivity contribution is 0.102. The number of aromatic nitrogens is 6. The van der Waals surface area contributed by atoms with Crippen molar-refractivity contribution in [1.82, 2.24) is 30.0 Å². The van der Waals surface area contributed by atoms with Crippen LogP contribution in [0.25, 0.3) is 5.69 Å². The SMILES string of the molecule is CCc1nn(C)c(NC(=O)c2ccc(-n3cnnn3)cc2)c1C. The molecule has 0 aliphatic rings. The van der Waals surface area contributed by atoms with E-state index in [2.05, 4.69) is 25.9 Å². The van der Waals surface area contributed by atoms with Gasteiger partial charge in [0.1, 0.15) is 12.1 Å². The van der Waals surface area contributed by atoms with Crippen molar-refractivity contribution in [2.75, 3.05) is 5.32 Å². The van der Waals surface area contributed by atoms with Gasteiger partial charge < -0.3 is 5.32 Å². The summed E-state index contributed by atoms with van der Waals surface area (Å²) in [6.07, 6.45) is 2.33. The highest BCUT2D eigenvalue weighted by molar-refractivity contribution is 6.04. The van der Waals surface area contributed by atoms with Crippen molar-refractivity contribution in [2.45, 2.75) is 20.3 Å². The van der Waals surface area contributed by atoms with Gasteiger partial charge in [0, 0.05) is 18.2 Å². The highest BCUT2D eigenvalue weighted by atomic mass is 16.1. The molecule has 2 aromatic heterocycles. The molecule has 0 fully saturated rings. The van der Waals surface area contributed by atoms with Crippen LogP contribution in [0.2, 0.25) is 0 Å². The first-order chi connectivity index (χ1) is 11.1. The van der Waals surface area contributed by atoms with Crippen LogP contribution in [-0.2, 0) is 13.5 Å². The number of carbonyl (C=O) groups is 1. The smallest absolute Gasteiger partial charge is 0.256 e. The lowest BCUT2D eigenvalue weighted by Gasteiger charge is -2.07. The van der Waals surface area contributed by atoms with E-state index in [0.29, 0.717) is 5.56 Å². The molecule has 1 N–H and O–H groups in total. The molecule has 0 saturated carbocycles. The van der Waals surface area contributed by atoms with Gasteiger partial charge in [-0.25, -0.2) is 4.68 Å². The van der Waals surface area contributed by atoms with Crippen LogP contribution < -0.4 is 5.32 Å². The molecule has 8 heteroatoms. The maximum absolute atomic E-state index is 12.4. The van der Waals surface area contributed by atoms with Crippen molar-refractivity contribution >= 4 is 11.7 Å². The highest BCUT2D eigenvalue weighted by Crippen LogP contribution is 2.19. The molecule has 3 rings (SSSR count). The van der Waals surface area contributed by atoms with Gasteiger partial charge in [0.15, 0.2) is 0 Å². The summed E-state index contributed by atoms with van der Waals surface area (Å²) in [7, 11) is 1.82. The molecule has 0 spiro atoms. The van der Waals surface area contributed by atoms with Crippen LogP contribution in [0.3, 0.4) is 0 Å². The van der Waals surface area contributed by atoms with E-state index in [9.17, 15) is 4.79 Å². The second kappa shape index (κ2) is 5.99.